The van der Waals surface area contributed by atoms with Crippen molar-refractivity contribution in [3.63, 3.8) is 0 Å². The lowest BCUT2D eigenvalue weighted by atomic mass is 9.92. The summed E-state index contributed by atoms with van der Waals surface area (Å²) in [5.41, 5.74) is 10.8. The molecule has 1 aliphatic heterocycles. The van der Waals surface area contributed by atoms with Crippen LogP contribution in [0.25, 0.3) is 65.7 Å². The summed E-state index contributed by atoms with van der Waals surface area (Å²) >= 11 is 0. The van der Waals surface area contributed by atoms with Crippen LogP contribution >= 0.6 is 0 Å². The number of rotatable bonds is 8. The van der Waals surface area contributed by atoms with E-state index in [4.69, 9.17) is 4.74 Å². The third-order valence-electron chi connectivity index (χ3n) is 12.4. The van der Waals surface area contributed by atoms with Crippen molar-refractivity contribution in [2.45, 2.75) is 0 Å². The van der Waals surface area contributed by atoms with Gasteiger partial charge in [0.05, 0.1) is 17.1 Å². The molecule has 0 atom stereocenters. The first-order valence-corrected chi connectivity index (χ1v) is 21.6. The number of fused-ring (bicyclic) bond motifs is 5. The average molecular weight is 823 g/mol. The monoisotopic (exact) mass is 822 g/mol. The molecule has 1 heterocycles. The highest BCUT2D eigenvalue weighted by Crippen LogP contribution is 2.53. The van der Waals surface area contributed by atoms with Gasteiger partial charge in [0.1, 0.15) is 17.3 Å². The van der Waals surface area contributed by atoms with E-state index in [2.05, 4.69) is 132 Å². The summed E-state index contributed by atoms with van der Waals surface area (Å²) in [4.78, 5) is 4.36. The SMILES string of the molecule is Fc1cc(-c2ccccc2)cc(-c2ccccc2)c1N(c1ccccc1)c1ccc2c(c1)Oc1cccc3c(N(c4ccccc4)c4ccc5ccc6ccccc6c5c4)ccc-2c13. The zero-order valence-corrected chi connectivity index (χ0v) is 34.7. The van der Waals surface area contributed by atoms with Gasteiger partial charge in [0, 0.05) is 45.0 Å². The van der Waals surface area contributed by atoms with Gasteiger partial charge in [-0.2, -0.15) is 0 Å². The van der Waals surface area contributed by atoms with Gasteiger partial charge in [-0.3, -0.25) is 0 Å². The van der Waals surface area contributed by atoms with Gasteiger partial charge in [-0.15, -0.1) is 0 Å². The smallest absolute Gasteiger partial charge is 0.148 e. The Kier molecular flexibility index (Phi) is 9.01. The maximum Gasteiger partial charge on any atom is 0.148 e. The van der Waals surface area contributed by atoms with Crippen LogP contribution in [-0.4, -0.2) is 0 Å². The van der Waals surface area contributed by atoms with E-state index >= 15 is 4.39 Å². The molecule has 3 nitrogen and oxygen atoms in total. The predicted molar refractivity (Wildman–Crippen MR) is 265 cm³/mol. The molecule has 0 saturated heterocycles. The molecule has 302 valence electrons. The lowest BCUT2D eigenvalue weighted by Gasteiger charge is -2.31. The van der Waals surface area contributed by atoms with Crippen LogP contribution in [0.1, 0.15) is 0 Å². The quantitative estimate of drug-likeness (QED) is 0.142. The molecule has 0 saturated carbocycles. The van der Waals surface area contributed by atoms with Gasteiger partial charge in [-0.05, 0) is 117 Å². The Hall–Kier alpha value is -8.47. The van der Waals surface area contributed by atoms with Gasteiger partial charge >= 0.3 is 0 Å². The number of para-hydroxylation sites is 2. The van der Waals surface area contributed by atoms with Crippen molar-refractivity contribution in [2.24, 2.45) is 0 Å². The standard InChI is InChI=1S/C60H39FN2O/c61-55-37-44(40-16-5-1-6-17-40)36-54(41-18-7-2-8-19-41)60(55)63(46-23-11-4-12-24-46)48-32-33-50-51-34-35-56(52-26-15-27-57(59(51)52)64-58(50)39-48)62(45-21-9-3-10-22-45)47-31-30-43-29-28-42-20-13-14-25-49(42)53(43)38-47/h1-39H. The number of ether oxygens (including phenoxy) is 1. The predicted octanol–water partition coefficient (Wildman–Crippen LogP) is 17.3. The van der Waals surface area contributed by atoms with Crippen LogP contribution in [0.4, 0.5) is 38.5 Å². The molecule has 0 aromatic heterocycles. The minimum absolute atomic E-state index is 0.326. The van der Waals surface area contributed by atoms with E-state index in [1.165, 1.54) is 21.5 Å². The molecular formula is C60H39FN2O. The van der Waals surface area contributed by atoms with Crippen LogP contribution in [0.5, 0.6) is 11.5 Å². The molecule has 4 heteroatoms. The summed E-state index contributed by atoms with van der Waals surface area (Å²) in [6, 6.07) is 81.1. The van der Waals surface area contributed by atoms with Crippen LogP contribution in [0.15, 0.2) is 237 Å². The second-order valence-electron chi connectivity index (χ2n) is 16.2. The molecule has 12 rings (SSSR count). The topological polar surface area (TPSA) is 15.7 Å². The number of hydrogen-bond donors (Lipinski definition) is 0. The summed E-state index contributed by atoms with van der Waals surface area (Å²) in [7, 11) is 0. The first-order chi connectivity index (χ1) is 31.7. The third kappa shape index (κ3) is 6.35. The molecular weight excluding hydrogens is 784 g/mol. The molecule has 0 unspecified atom stereocenters. The first kappa shape index (κ1) is 37.3. The molecule has 0 N–H and O–H groups in total. The zero-order chi connectivity index (χ0) is 42.6. The lowest BCUT2D eigenvalue weighted by molar-refractivity contribution is 0.487. The van der Waals surface area contributed by atoms with Crippen molar-refractivity contribution in [2.75, 3.05) is 9.80 Å². The summed E-state index contributed by atoms with van der Waals surface area (Å²) in [6.45, 7) is 0. The second-order valence-corrected chi connectivity index (χ2v) is 16.2. The Morgan fingerprint density at radius 3 is 1.66 bits per heavy atom. The molecule has 0 aliphatic carbocycles. The highest BCUT2D eigenvalue weighted by molar-refractivity contribution is 6.13. The summed E-state index contributed by atoms with van der Waals surface area (Å²) in [6.07, 6.45) is 0. The van der Waals surface area contributed by atoms with Crippen LogP contribution in [-0.2, 0) is 0 Å². The lowest BCUT2D eigenvalue weighted by Crippen LogP contribution is -2.14. The van der Waals surface area contributed by atoms with E-state index in [-0.39, 0.29) is 5.82 Å². The maximum absolute atomic E-state index is 17.2. The Morgan fingerprint density at radius 1 is 0.328 bits per heavy atom. The minimum atomic E-state index is -0.326. The highest BCUT2D eigenvalue weighted by atomic mass is 19.1. The Balaban J connectivity index is 1.01. The second kappa shape index (κ2) is 15.5. The molecule has 11 aromatic carbocycles. The first-order valence-electron chi connectivity index (χ1n) is 21.6. The number of hydrogen-bond acceptors (Lipinski definition) is 3. The van der Waals surface area contributed by atoms with Crippen LogP contribution in [0.2, 0.25) is 0 Å². The van der Waals surface area contributed by atoms with E-state index in [1.54, 1.807) is 6.07 Å². The largest absolute Gasteiger partial charge is 0.456 e. The van der Waals surface area contributed by atoms with E-state index in [9.17, 15) is 0 Å². The Labute approximate surface area is 371 Å². The molecule has 64 heavy (non-hydrogen) atoms. The molecule has 0 amide bonds. The zero-order valence-electron chi connectivity index (χ0n) is 34.7. The number of nitrogens with zero attached hydrogens (tertiary/aromatic N) is 2. The van der Waals surface area contributed by atoms with Crippen molar-refractivity contribution < 1.29 is 9.13 Å². The Morgan fingerprint density at radius 2 is 0.906 bits per heavy atom. The average Bonchev–Trinajstić information content (AvgIpc) is 3.36. The van der Waals surface area contributed by atoms with Crippen molar-refractivity contribution in [1.82, 2.24) is 0 Å². The van der Waals surface area contributed by atoms with Crippen molar-refractivity contribution in [1.29, 1.82) is 0 Å². The number of benzene rings is 11. The van der Waals surface area contributed by atoms with Crippen LogP contribution in [0, 0.1) is 5.82 Å². The molecule has 0 radical (unpaired) electrons. The fourth-order valence-electron chi connectivity index (χ4n) is 9.52. The maximum atomic E-state index is 17.2. The highest BCUT2D eigenvalue weighted by Gasteiger charge is 2.28. The molecule has 0 fully saturated rings. The summed E-state index contributed by atoms with van der Waals surface area (Å²) in [5.74, 6) is 1.15. The van der Waals surface area contributed by atoms with Crippen LogP contribution < -0.4 is 14.5 Å². The Bertz CT molecular complexity index is 3540. The van der Waals surface area contributed by atoms with Gasteiger partial charge in [0.25, 0.3) is 0 Å². The molecule has 0 bridgehead atoms. The summed E-state index contributed by atoms with van der Waals surface area (Å²) < 4.78 is 24.2. The van der Waals surface area contributed by atoms with Gasteiger partial charge in [-0.1, -0.05) is 158 Å². The van der Waals surface area contributed by atoms with E-state index < -0.39 is 0 Å². The fourth-order valence-corrected chi connectivity index (χ4v) is 9.52. The van der Waals surface area contributed by atoms with Gasteiger partial charge in [0.15, 0.2) is 0 Å². The van der Waals surface area contributed by atoms with Gasteiger partial charge in [0.2, 0.25) is 0 Å². The molecule has 1 aliphatic rings. The van der Waals surface area contributed by atoms with Gasteiger partial charge in [-0.25, -0.2) is 4.39 Å². The van der Waals surface area contributed by atoms with E-state index in [0.29, 0.717) is 11.4 Å². The van der Waals surface area contributed by atoms with E-state index in [0.717, 1.165) is 78.3 Å². The van der Waals surface area contributed by atoms with Crippen molar-refractivity contribution >= 4 is 66.4 Å². The number of anilines is 6. The molecule has 11 aromatic rings. The van der Waals surface area contributed by atoms with Gasteiger partial charge < -0.3 is 14.5 Å². The van der Waals surface area contributed by atoms with Crippen LogP contribution in [0.3, 0.4) is 0 Å². The third-order valence-corrected chi connectivity index (χ3v) is 12.4. The fraction of sp³-hybridized carbons (Fsp3) is 0. The normalized spacial score (nSPS) is 11.6. The van der Waals surface area contributed by atoms with E-state index in [1.807, 2.05) is 108 Å². The van der Waals surface area contributed by atoms with Crippen molar-refractivity contribution in [3.05, 3.63) is 242 Å². The summed E-state index contributed by atoms with van der Waals surface area (Å²) in [5, 5.41) is 6.97. The number of halogens is 1. The van der Waals surface area contributed by atoms with Crippen molar-refractivity contribution in [3.8, 4) is 44.9 Å². The molecule has 0 spiro atoms. The minimum Gasteiger partial charge on any atom is -0.456 e.